The number of carbonyl (C=O) groups excluding carboxylic acids is 1. The zero-order chi connectivity index (χ0) is 13.7. The van der Waals surface area contributed by atoms with Crippen LogP contribution >= 0.6 is 15.9 Å². The summed E-state index contributed by atoms with van der Waals surface area (Å²) >= 11 is 3.39. The van der Waals surface area contributed by atoms with Gasteiger partial charge in [-0.25, -0.2) is 0 Å². The van der Waals surface area contributed by atoms with Crippen LogP contribution in [0, 0.1) is 0 Å². The van der Waals surface area contributed by atoms with Crippen LogP contribution in [-0.4, -0.2) is 43.1 Å². The van der Waals surface area contributed by atoms with E-state index in [1.54, 1.807) is 0 Å². The fraction of sp³-hybridized carbons (Fsp3) is 0.500. The summed E-state index contributed by atoms with van der Waals surface area (Å²) in [5, 5.41) is 2.91. The van der Waals surface area contributed by atoms with Gasteiger partial charge < -0.3 is 10.1 Å². The van der Waals surface area contributed by atoms with Crippen LogP contribution in [0.1, 0.15) is 13.3 Å². The van der Waals surface area contributed by atoms with E-state index in [4.69, 9.17) is 4.74 Å². The topological polar surface area (TPSA) is 41.6 Å². The second-order valence-corrected chi connectivity index (χ2v) is 5.57. The molecule has 1 amide bonds. The average molecular weight is 327 g/mol. The lowest BCUT2D eigenvalue weighted by atomic mass is 10.2. The number of rotatable bonds is 4. The molecule has 0 aromatic heterocycles. The van der Waals surface area contributed by atoms with Gasteiger partial charge in [-0.05, 0) is 37.6 Å². The highest BCUT2D eigenvalue weighted by Gasteiger charge is 2.23. The van der Waals surface area contributed by atoms with Crippen molar-refractivity contribution >= 4 is 21.8 Å². The first-order valence-electron chi connectivity index (χ1n) is 6.57. The maximum Gasteiger partial charge on any atom is 0.237 e. The van der Waals surface area contributed by atoms with Crippen molar-refractivity contribution in [3.63, 3.8) is 0 Å². The highest BCUT2D eigenvalue weighted by Crippen LogP contribution is 2.16. The van der Waals surface area contributed by atoms with Gasteiger partial charge in [-0.2, -0.15) is 0 Å². The Kier molecular flexibility index (Phi) is 5.22. The van der Waals surface area contributed by atoms with E-state index < -0.39 is 0 Å². The van der Waals surface area contributed by atoms with Gasteiger partial charge in [-0.15, -0.1) is 0 Å². The molecule has 0 bridgehead atoms. The minimum Gasteiger partial charge on any atom is -0.492 e. The molecule has 1 saturated heterocycles. The van der Waals surface area contributed by atoms with E-state index >= 15 is 0 Å². The van der Waals surface area contributed by atoms with Gasteiger partial charge in [0.1, 0.15) is 12.4 Å². The Bertz CT molecular complexity index is 422. The number of carbonyl (C=O) groups is 1. The molecule has 0 aliphatic carbocycles. The molecule has 1 fully saturated rings. The maximum atomic E-state index is 11.7. The summed E-state index contributed by atoms with van der Waals surface area (Å²) in [5.74, 6) is 0.969. The fourth-order valence-electron chi connectivity index (χ4n) is 2.12. The summed E-state index contributed by atoms with van der Waals surface area (Å²) < 4.78 is 6.73. The van der Waals surface area contributed by atoms with Crippen molar-refractivity contribution in [1.29, 1.82) is 0 Å². The van der Waals surface area contributed by atoms with Crippen LogP contribution in [0.25, 0.3) is 0 Å². The maximum absolute atomic E-state index is 11.7. The summed E-state index contributed by atoms with van der Waals surface area (Å²) in [7, 11) is 0. The summed E-state index contributed by atoms with van der Waals surface area (Å²) in [6.45, 7) is 5.01. The minimum absolute atomic E-state index is 0.0731. The number of nitrogens with one attached hydrogen (secondary N) is 1. The van der Waals surface area contributed by atoms with Crippen molar-refractivity contribution < 1.29 is 9.53 Å². The van der Waals surface area contributed by atoms with Gasteiger partial charge in [-0.3, -0.25) is 9.69 Å². The predicted molar refractivity (Wildman–Crippen MR) is 78.3 cm³/mol. The molecule has 2 rings (SSSR count). The van der Waals surface area contributed by atoms with Crippen LogP contribution in [0.15, 0.2) is 28.7 Å². The molecule has 0 unspecified atom stereocenters. The van der Waals surface area contributed by atoms with Crippen LogP contribution in [-0.2, 0) is 4.79 Å². The molecular formula is C14H19BrN2O2. The van der Waals surface area contributed by atoms with Crippen molar-refractivity contribution in [1.82, 2.24) is 10.2 Å². The predicted octanol–water partition coefficient (Wildman–Crippen LogP) is 2.04. The van der Waals surface area contributed by atoms with Crippen LogP contribution < -0.4 is 10.1 Å². The molecule has 0 saturated carbocycles. The molecule has 4 nitrogen and oxygen atoms in total. The summed E-state index contributed by atoms with van der Waals surface area (Å²) in [4.78, 5) is 13.9. The number of halogens is 1. The highest BCUT2D eigenvalue weighted by molar-refractivity contribution is 9.10. The lowest BCUT2D eigenvalue weighted by Gasteiger charge is -2.24. The smallest absolute Gasteiger partial charge is 0.237 e. The molecular weight excluding hydrogens is 308 g/mol. The summed E-state index contributed by atoms with van der Waals surface area (Å²) in [6, 6.07) is 7.70. The zero-order valence-corrected chi connectivity index (χ0v) is 12.6. The first kappa shape index (κ1) is 14.3. The van der Waals surface area contributed by atoms with Gasteiger partial charge in [0.25, 0.3) is 0 Å². The van der Waals surface area contributed by atoms with Gasteiger partial charge in [0.15, 0.2) is 0 Å². The van der Waals surface area contributed by atoms with Gasteiger partial charge in [-0.1, -0.05) is 15.9 Å². The Morgan fingerprint density at radius 1 is 1.42 bits per heavy atom. The van der Waals surface area contributed by atoms with Gasteiger partial charge in [0.2, 0.25) is 5.91 Å². The molecule has 1 atom stereocenters. The Hall–Kier alpha value is -1.07. The Labute approximate surface area is 122 Å². The number of amides is 1. The molecule has 1 aromatic rings. The minimum atomic E-state index is -0.0731. The Balaban J connectivity index is 1.81. The van der Waals surface area contributed by atoms with Crippen molar-refractivity contribution in [3.05, 3.63) is 28.7 Å². The lowest BCUT2D eigenvalue weighted by Crippen LogP contribution is -2.43. The first-order valence-corrected chi connectivity index (χ1v) is 7.36. The average Bonchev–Trinajstić information content (AvgIpc) is 2.56. The van der Waals surface area contributed by atoms with E-state index in [1.807, 2.05) is 31.2 Å². The third-order valence-corrected chi connectivity index (χ3v) is 3.84. The third-order valence-electron chi connectivity index (χ3n) is 3.31. The lowest BCUT2D eigenvalue weighted by molar-refractivity contribution is -0.125. The number of nitrogens with zero attached hydrogens (tertiary/aromatic N) is 1. The van der Waals surface area contributed by atoms with Crippen LogP contribution in [0.2, 0.25) is 0 Å². The van der Waals surface area contributed by atoms with Crippen LogP contribution in [0.3, 0.4) is 0 Å². The highest BCUT2D eigenvalue weighted by atomic mass is 79.9. The third kappa shape index (κ3) is 4.21. The van der Waals surface area contributed by atoms with Gasteiger partial charge in [0.05, 0.1) is 6.04 Å². The standard InChI is InChI=1S/C14H19BrN2O2/c1-11-14(18)16-7-2-8-17(11)9-10-19-13-5-3-12(15)4-6-13/h3-6,11H,2,7-10H2,1H3,(H,16,18)/t11-/m1/s1. The summed E-state index contributed by atoms with van der Waals surface area (Å²) in [5.41, 5.74) is 0. The van der Waals surface area contributed by atoms with Gasteiger partial charge in [0, 0.05) is 24.1 Å². The Morgan fingerprint density at radius 3 is 2.89 bits per heavy atom. The molecule has 0 radical (unpaired) electrons. The second-order valence-electron chi connectivity index (χ2n) is 4.66. The molecule has 0 spiro atoms. The van der Waals surface area contributed by atoms with Crippen molar-refractivity contribution in [3.8, 4) is 5.75 Å². The molecule has 1 aliphatic heterocycles. The van der Waals surface area contributed by atoms with Crippen LogP contribution in [0.4, 0.5) is 0 Å². The normalized spacial score (nSPS) is 20.7. The number of ether oxygens (including phenoxy) is 1. The molecule has 19 heavy (non-hydrogen) atoms. The van der Waals surface area contributed by atoms with E-state index in [2.05, 4.69) is 26.1 Å². The molecule has 5 heteroatoms. The number of benzene rings is 1. The van der Waals surface area contributed by atoms with E-state index in [9.17, 15) is 4.79 Å². The SMILES string of the molecule is C[C@@H]1C(=O)NCCCN1CCOc1ccc(Br)cc1. The number of hydrogen-bond acceptors (Lipinski definition) is 3. The quantitative estimate of drug-likeness (QED) is 0.920. The largest absolute Gasteiger partial charge is 0.492 e. The van der Waals surface area contributed by atoms with E-state index in [0.717, 1.165) is 36.3 Å². The first-order chi connectivity index (χ1) is 9.16. The van der Waals surface area contributed by atoms with Crippen molar-refractivity contribution in [2.45, 2.75) is 19.4 Å². The van der Waals surface area contributed by atoms with Gasteiger partial charge >= 0.3 is 0 Å². The van der Waals surface area contributed by atoms with E-state index in [1.165, 1.54) is 0 Å². The molecule has 1 heterocycles. The van der Waals surface area contributed by atoms with E-state index in [0.29, 0.717) is 6.61 Å². The molecule has 1 aliphatic rings. The van der Waals surface area contributed by atoms with E-state index in [-0.39, 0.29) is 11.9 Å². The number of hydrogen-bond donors (Lipinski definition) is 1. The fourth-order valence-corrected chi connectivity index (χ4v) is 2.38. The monoisotopic (exact) mass is 326 g/mol. The molecule has 1 aromatic carbocycles. The molecule has 104 valence electrons. The van der Waals surface area contributed by atoms with Crippen molar-refractivity contribution in [2.75, 3.05) is 26.2 Å². The second kappa shape index (κ2) is 6.91. The summed E-state index contributed by atoms with van der Waals surface area (Å²) in [6.07, 6.45) is 0.994. The Morgan fingerprint density at radius 2 is 2.16 bits per heavy atom. The van der Waals surface area contributed by atoms with Crippen LogP contribution in [0.5, 0.6) is 5.75 Å². The molecule has 1 N–H and O–H groups in total. The van der Waals surface area contributed by atoms with Crippen molar-refractivity contribution in [2.24, 2.45) is 0 Å². The zero-order valence-electron chi connectivity index (χ0n) is 11.1.